The first-order chi connectivity index (χ1) is 11.0. The van der Waals surface area contributed by atoms with E-state index in [1.54, 1.807) is 6.07 Å². The number of carbonyl (C=O) groups is 2. The number of piperidine rings is 1. The fourth-order valence-electron chi connectivity index (χ4n) is 3.01. The number of hydrogen-bond acceptors (Lipinski definition) is 3. The van der Waals surface area contributed by atoms with Gasteiger partial charge < -0.3 is 15.3 Å². The van der Waals surface area contributed by atoms with Crippen LogP contribution in [0, 0.1) is 11.8 Å². The fourth-order valence-corrected chi connectivity index (χ4v) is 3.21. The van der Waals surface area contributed by atoms with Crippen molar-refractivity contribution < 1.29 is 14.7 Å². The van der Waals surface area contributed by atoms with Crippen LogP contribution in [0.25, 0.3) is 0 Å². The number of halogens is 1. The van der Waals surface area contributed by atoms with Gasteiger partial charge in [-0.2, -0.15) is 0 Å². The number of carboxylic acids is 1. The SMILES string of the molecule is CC1CC(C(=O)O)CN(CCC(=O)NCc2ccccc2Cl)C1. The molecular weight excluding hydrogens is 316 g/mol. The van der Waals surface area contributed by atoms with Gasteiger partial charge in [-0.1, -0.05) is 36.7 Å². The average molecular weight is 339 g/mol. The lowest BCUT2D eigenvalue weighted by Gasteiger charge is -2.34. The second kappa shape index (κ2) is 8.31. The van der Waals surface area contributed by atoms with Crippen LogP contribution < -0.4 is 5.32 Å². The molecule has 5 nitrogen and oxygen atoms in total. The molecule has 0 aliphatic carbocycles. The van der Waals surface area contributed by atoms with Crippen LogP contribution >= 0.6 is 11.6 Å². The summed E-state index contributed by atoms with van der Waals surface area (Å²) in [6.45, 7) is 4.42. The lowest BCUT2D eigenvalue weighted by atomic mass is 9.90. The molecule has 2 atom stereocenters. The number of aliphatic carboxylic acids is 1. The number of nitrogens with zero attached hydrogens (tertiary/aromatic N) is 1. The summed E-state index contributed by atoms with van der Waals surface area (Å²) in [6.07, 6.45) is 1.08. The first-order valence-corrected chi connectivity index (χ1v) is 8.28. The van der Waals surface area contributed by atoms with E-state index in [0.717, 1.165) is 12.1 Å². The highest BCUT2D eigenvalue weighted by Crippen LogP contribution is 2.21. The van der Waals surface area contributed by atoms with E-state index in [1.807, 2.05) is 18.2 Å². The van der Waals surface area contributed by atoms with Gasteiger partial charge in [0.2, 0.25) is 5.91 Å². The summed E-state index contributed by atoms with van der Waals surface area (Å²) in [5.41, 5.74) is 0.889. The zero-order chi connectivity index (χ0) is 16.8. The normalized spacial score (nSPS) is 21.8. The second-order valence-corrected chi connectivity index (χ2v) is 6.66. The van der Waals surface area contributed by atoms with Gasteiger partial charge in [0.25, 0.3) is 0 Å². The molecule has 2 unspecified atom stereocenters. The first-order valence-electron chi connectivity index (χ1n) is 7.91. The molecule has 1 aromatic rings. The summed E-state index contributed by atoms with van der Waals surface area (Å²) in [5, 5.41) is 12.7. The van der Waals surface area contributed by atoms with Crippen molar-refractivity contribution in [2.24, 2.45) is 11.8 Å². The monoisotopic (exact) mass is 338 g/mol. The molecule has 126 valence electrons. The molecule has 0 spiro atoms. The van der Waals surface area contributed by atoms with Gasteiger partial charge in [-0.25, -0.2) is 0 Å². The molecule has 1 aliphatic rings. The molecule has 1 aromatic carbocycles. The molecule has 2 rings (SSSR count). The summed E-state index contributed by atoms with van der Waals surface area (Å²) in [5.74, 6) is -0.777. The standard InChI is InChI=1S/C17H23ClN2O3/c1-12-8-14(17(22)23)11-20(10-12)7-6-16(21)19-9-13-4-2-3-5-15(13)18/h2-5,12,14H,6-11H2,1H3,(H,19,21)(H,22,23). The average Bonchev–Trinajstić information content (AvgIpc) is 2.51. The molecule has 1 fully saturated rings. The van der Waals surface area contributed by atoms with E-state index < -0.39 is 5.97 Å². The Hall–Kier alpha value is -1.59. The topological polar surface area (TPSA) is 69.6 Å². The molecule has 23 heavy (non-hydrogen) atoms. The first kappa shape index (κ1) is 17.8. The smallest absolute Gasteiger partial charge is 0.307 e. The van der Waals surface area contributed by atoms with E-state index in [2.05, 4.69) is 17.1 Å². The Morgan fingerprint density at radius 1 is 1.35 bits per heavy atom. The molecule has 1 saturated heterocycles. The predicted molar refractivity (Wildman–Crippen MR) is 89.3 cm³/mol. The van der Waals surface area contributed by atoms with Crippen molar-refractivity contribution in [2.45, 2.75) is 26.3 Å². The Kier molecular flexibility index (Phi) is 6.42. The van der Waals surface area contributed by atoms with Crippen molar-refractivity contribution in [3.63, 3.8) is 0 Å². The van der Waals surface area contributed by atoms with Gasteiger partial charge in [-0.15, -0.1) is 0 Å². The number of nitrogens with one attached hydrogen (secondary N) is 1. The largest absolute Gasteiger partial charge is 0.481 e. The van der Waals surface area contributed by atoms with Crippen LogP contribution in [0.2, 0.25) is 5.02 Å². The van der Waals surface area contributed by atoms with Gasteiger partial charge in [0, 0.05) is 37.6 Å². The minimum Gasteiger partial charge on any atom is -0.481 e. The number of hydrogen-bond donors (Lipinski definition) is 2. The van der Waals surface area contributed by atoms with Crippen LogP contribution in [0.1, 0.15) is 25.3 Å². The van der Waals surface area contributed by atoms with Gasteiger partial charge in [0.05, 0.1) is 5.92 Å². The van der Waals surface area contributed by atoms with Crippen molar-refractivity contribution >= 4 is 23.5 Å². The van der Waals surface area contributed by atoms with Crippen LogP contribution in [-0.2, 0) is 16.1 Å². The number of amides is 1. The van der Waals surface area contributed by atoms with Gasteiger partial charge in [0.1, 0.15) is 0 Å². The van der Waals surface area contributed by atoms with E-state index in [-0.39, 0.29) is 11.8 Å². The van der Waals surface area contributed by atoms with Gasteiger partial charge in [-0.05, 0) is 24.0 Å². The van der Waals surface area contributed by atoms with E-state index >= 15 is 0 Å². The van der Waals surface area contributed by atoms with Crippen LogP contribution in [0.15, 0.2) is 24.3 Å². The van der Waals surface area contributed by atoms with E-state index in [4.69, 9.17) is 16.7 Å². The third-order valence-electron chi connectivity index (χ3n) is 4.17. The van der Waals surface area contributed by atoms with Crippen LogP contribution in [0.4, 0.5) is 0 Å². The molecule has 1 heterocycles. The molecule has 0 aromatic heterocycles. The van der Waals surface area contributed by atoms with Crippen molar-refractivity contribution in [1.82, 2.24) is 10.2 Å². The third kappa shape index (κ3) is 5.52. The predicted octanol–water partition coefficient (Wildman–Crippen LogP) is 2.39. The third-order valence-corrected chi connectivity index (χ3v) is 4.54. The van der Waals surface area contributed by atoms with Gasteiger partial charge in [0.15, 0.2) is 0 Å². The second-order valence-electron chi connectivity index (χ2n) is 6.25. The summed E-state index contributed by atoms with van der Waals surface area (Å²) < 4.78 is 0. The van der Waals surface area contributed by atoms with Crippen molar-refractivity contribution in [2.75, 3.05) is 19.6 Å². The van der Waals surface area contributed by atoms with Gasteiger partial charge in [-0.3, -0.25) is 9.59 Å². The fraction of sp³-hybridized carbons (Fsp3) is 0.529. The van der Waals surface area contributed by atoms with E-state index in [0.29, 0.717) is 43.4 Å². The summed E-state index contributed by atoms with van der Waals surface area (Å²) in [6, 6.07) is 7.41. The van der Waals surface area contributed by atoms with Gasteiger partial charge >= 0.3 is 5.97 Å². The summed E-state index contributed by atoms with van der Waals surface area (Å²) in [4.78, 5) is 25.2. The number of benzene rings is 1. The number of carboxylic acid groups (broad SMARTS) is 1. The summed E-state index contributed by atoms with van der Waals surface area (Å²) in [7, 11) is 0. The molecule has 0 saturated carbocycles. The maximum absolute atomic E-state index is 12.0. The minimum absolute atomic E-state index is 0.0463. The lowest BCUT2D eigenvalue weighted by Crippen LogP contribution is -2.43. The quantitative estimate of drug-likeness (QED) is 0.835. The molecule has 1 amide bonds. The Balaban J connectivity index is 1.75. The molecule has 0 radical (unpaired) electrons. The van der Waals surface area contributed by atoms with Crippen molar-refractivity contribution in [1.29, 1.82) is 0 Å². The van der Waals surface area contributed by atoms with Crippen LogP contribution in [0.5, 0.6) is 0 Å². The Labute approximate surface area is 141 Å². The zero-order valence-electron chi connectivity index (χ0n) is 13.3. The Bertz CT molecular complexity index is 565. The Morgan fingerprint density at radius 2 is 2.09 bits per heavy atom. The van der Waals surface area contributed by atoms with Crippen molar-refractivity contribution in [3.05, 3.63) is 34.9 Å². The molecule has 6 heteroatoms. The maximum Gasteiger partial charge on any atom is 0.307 e. The van der Waals surface area contributed by atoms with E-state index in [9.17, 15) is 9.59 Å². The van der Waals surface area contributed by atoms with E-state index in [1.165, 1.54) is 0 Å². The number of carbonyl (C=O) groups excluding carboxylic acids is 1. The number of rotatable bonds is 6. The molecule has 0 bridgehead atoms. The highest BCUT2D eigenvalue weighted by Gasteiger charge is 2.29. The van der Waals surface area contributed by atoms with Crippen LogP contribution in [-0.4, -0.2) is 41.5 Å². The summed E-state index contributed by atoms with van der Waals surface area (Å²) >= 11 is 6.05. The lowest BCUT2D eigenvalue weighted by molar-refractivity contribution is -0.144. The Morgan fingerprint density at radius 3 is 2.78 bits per heavy atom. The highest BCUT2D eigenvalue weighted by atomic mass is 35.5. The van der Waals surface area contributed by atoms with Crippen molar-refractivity contribution in [3.8, 4) is 0 Å². The highest BCUT2D eigenvalue weighted by molar-refractivity contribution is 6.31. The maximum atomic E-state index is 12.0. The number of likely N-dealkylation sites (tertiary alicyclic amines) is 1. The molecule has 1 aliphatic heterocycles. The minimum atomic E-state index is -0.746. The van der Waals surface area contributed by atoms with Crippen LogP contribution in [0.3, 0.4) is 0 Å². The zero-order valence-corrected chi connectivity index (χ0v) is 14.1. The molecular formula is C17H23ClN2O3. The molecule has 2 N–H and O–H groups in total.